The van der Waals surface area contributed by atoms with Crippen LogP contribution in [0.1, 0.15) is 44.3 Å². The largest absolute Gasteiger partial charge is 1.00 e. The first-order valence-corrected chi connectivity index (χ1v) is 13.4. The summed E-state index contributed by atoms with van der Waals surface area (Å²) in [5.41, 5.74) is 3.85. The van der Waals surface area contributed by atoms with Crippen LogP contribution in [0, 0.1) is 6.92 Å². The molecule has 3 aromatic carbocycles. The second-order valence-electron chi connectivity index (χ2n) is 9.78. The molecule has 208 valence electrons. The van der Waals surface area contributed by atoms with Crippen LogP contribution in [0.15, 0.2) is 85.1 Å². The first kappa shape index (κ1) is 31.8. The molecule has 0 radical (unpaired) electrons. The fourth-order valence-electron chi connectivity index (χ4n) is 4.48. The van der Waals surface area contributed by atoms with Gasteiger partial charge in [0.05, 0.1) is 19.0 Å². The zero-order valence-corrected chi connectivity index (χ0v) is 25.5. The van der Waals surface area contributed by atoms with Gasteiger partial charge >= 0.3 is 35.5 Å². The van der Waals surface area contributed by atoms with E-state index in [1.165, 1.54) is 0 Å². The van der Waals surface area contributed by atoms with Crippen molar-refractivity contribution in [1.82, 2.24) is 15.6 Å². The van der Waals surface area contributed by atoms with Crippen LogP contribution in [-0.4, -0.2) is 41.0 Å². The predicted octanol–water partition coefficient (Wildman–Crippen LogP) is 2.36. The zero-order chi connectivity index (χ0) is 28.3. The van der Waals surface area contributed by atoms with Crippen LogP contribution in [0.5, 0.6) is 0 Å². The van der Waals surface area contributed by atoms with Crippen LogP contribution < -0.4 is 45.5 Å². The number of aliphatic carboxylic acids is 1. The Kier molecular flexibility index (Phi) is 12.3. The van der Waals surface area contributed by atoms with E-state index >= 15 is 0 Å². The number of carbonyl (C=O) groups is 3. The first-order valence-electron chi connectivity index (χ1n) is 13.4. The standard InChI is InChI=1S/C32H34N4O4.Na.H/c1-22-15-17-34-29(18-22)33-16-5-4-8-30(37)35-21-31(38)36-28(20-32(39)40)25-12-9-24(10-13-25)27-14-11-23-6-2-3-7-26(23)19-27;;/h2-3,6-7,9-15,17-19,28H,4-5,8,16,20-21H2,1H3,(H,33,34)(H,35,37)(H,36,38)(H,39,40);;/q;+1;-1. The number of hydrogen-bond acceptors (Lipinski definition) is 5. The molecule has 4 rings (SSSR count). The number of fused-ring (bicyclic) bond motifs is 1. The van der Waals surface area contributed by atoms with E-state index in [1.54, 1.807) is 6.20 Å². The minimum Gasteiger partial charge on any atom is -1.00 e. The van der Waals surface area contributed by atoms with Crippen molar-refractivity contribution in [2.45, 2.75) is 38.6 Å². The van der Waals surface area contributed by atoms with E-state index in [-0.39, 0.29) is 49.9 Å². The van der Waals surface area contributed by atoms with Crippen molar-refractivity contribution in [2.24, 2.45) is 0 Å². The Morgan fingerprint density at radius 1 is 0.878 bits per heavy atom. The summed E-state index contributed by atoms with van der Waals surface area (Å²) < 4.78 is 0. The number of hydrogen-bond donors (Lipinski definition) is 4. The van der Waals surface area contributed by atoms with Crippen molar-refractivity contribution >= 4 is 34.4 Å². The van der Waals surface area contributed by atoms with Gasteiger partial charge in [-0.2, -0.15) is 0 Å². The maximum Gasteiger partial charge on any atom is 1.00 e. The van der Waals surface area contributed by atoms with Crippen molar-refractivity contribution < 1.29 is 50.5 Å². The molecular formula is C32H35N4NaO4. The number of benzene rings is 3. The summed E-state index contributed by atoms with van der Waals surface area (Å²) in [5, 5.41) is 20.3. The molecule has 1 unspecified atom stereocenters. The summed E-state index contributed by atoms with van der Waals surface area (Å²) in [6, 6.07) is 25.0. The molecule has 4 N–H and O–H groups in total. The number of aryl methyl sites for hydroxylation is 1. The number of anilines is 1. The number of unbranched alkanes of at least 4 members (excludes halogenated alkanes) is 1. The molecule has 9 heteroatoms. The maximum absolute atomic E-state index is 12.6. The van der Waals surface area contributed by atoms with Gasteiger partial charge in [0.2, 0.25) is 11.8 Å². The van der Waals surface area contributed by atoms with Crippen molar-refractivity contribution in [2.75, 3.05) is 18.4 Å². The molecule has 0 fully saturated rings. The number of carbonyl (C=O) groups excluding carboxylic acids is 2. The number of nitrogens with zero attached hydrogens (tertiary/aromatic N) is 1. The predicted molar refractivity (Wildman–Crippen MR) is 158 cm³/mol. The number of aromatic nitrogens is 1. The van der Waals surface area contributed by atoms with E-state index in [1.807, 2.05) is 61.5 Å². The summed E-state index contributed by atoms with van der Waals surface area (Å²) in [5.74, 6) is -0.883. The molecule has 2 amide bonds. The van der Waals surface area contributed by atoms with Gasteiger partial charge in [0.15, 0.2) is 0 Å². The third-order valence-electron chi connectivity index (χ3n) is 6.61. The molecule has 1 atom stereocenters. The average molecular weight is 563 g/mol. The fourth-order valence-corrected chi connectivity index (χ4v) is 4.48. The average Bonchev–Trinajstić information content (AvgIpc) is 2.95. The Hall–Kier alpha value is -3.72. The molecule has 1 heterocycles. The molecule has 41 heavy (non-hydrogen) atoms. The van der Waals surface area contributed by atoms with Crippen LogP contribution in [-0.2, 0) is 14.4 Å². The molecule has 1 aromatic heterocycles. The Balaban J connectivity index is 0.00000308. The van der Waals surface area contributed by atoms with Crippen LogP contribution in [0.25, 0.3) is 21.9 Å². The van der Waals surface area contributed by atoms with Gasteiger partial charge in [0.1, 0.15) is 5.82 Å². The summed E-state index contributed by atoms with van der Waals surface area (Å²) in [4.78, 5) is 40.5. The van der Waals surface area contributed by atoms with E-state index in [0.29, 0.717) is 24.9 Å². The molecule has 0 saturated carbocycles. The van der Waals surface area contributed by atoms with Crippen molar-refractivity contribution in [1.29, 1.82) is 0 Å². The number of carboxylic acid groups (broad SMARTS) is 1. The summed E-state index contributed by atoms with van der Waals surface area (Å²) in [6.07, 6.45) is 3.23. The van der Waals surface area contributed by atoms with Crippen LogP contribution in [0.2, 0.25) is 0 Å². The first-order chi connectivity index (χ1) is 19.4. The minimum atomic E-state index is -1.03. The second-order valence-corrected chi connectivity index (χ2v) is 9.78. The fraction of sp³-hybridized carbons (Fsp3) is 0.250. The zero-order valence-electron chi connectivity index (χ0n) is 24.5. The Morgan fingerprint density at radius 2 is 1.61 bits per heavy atom. The van der Waals surface area contributed by atoms with Gasteiger partial charge in [-0.15, -0.1) is 0 Å². The molecule has 0 bridgehead atoms. The van der Waals surface area contributed by atoms with E-state index in [2.05, 4.69) is 45.2 Å². The summed E-state index contributed by atoms with van der Waals surface area (Å²) in [6.45, 7) is 2.48. The van der Waals surface area contributed by atoms with Crippen molar-refractivity contribution in [3.8, 4) is 11.1 Å². The van der Waals surface area contributed by atoms with Gasteiger partial charge < -0.3 is 22.5 Å². The number of amides is 2. The van der Waals surface area contributed by atoms with E-state index in [0.717, 1.165) is 39.7 Å². The monoisotopic (exact) mass is 562 g/mol. The molecule has 0 saturated heterocycles. The van der Waals surface area contributed by atoms with Gasteiger partial charge in [0.25, 0.3) is 0 Å². The van der Waals surface area contributed by atoms with E-state index in [4.69, 9.17) is 0 Å². The Labute approximate surface area is 263 Å². The molecule has 4 aromatic rings. The molecule has 0 aliphatic carbocycles. The molecular weight excluding hydrogens is 527 g/mol. The molecule has 0 aliphatic heterocycles. The smallest absolute Gasteiger partial charge is 1.00 e. The van der Waals surface area contributed by atoms with Gasteiger partial charge in [-0.3, -0.25) is 14.4 Å². The van der Waals surface area contributed by atoms with Gasteiger partial charge in [-0.1, -0.05) is 60.7 Å². The maximum atomic E-state index is 12.6. The van der Waals surface area contributed by atoms with Gasteiger partial charge in [0, 0.05) is 19.2 Å². The van der Waals surface area contributed by atoms with Gasteiger partial charge in [-0.05, 0) is 71.0 Å². The van der Waals surface area contributed by atoms with Gasteiger partial charge in [-0.25, -0.2) is 4.98 Å². The van der Waals surface area contributed by atoms with Crippen molar-refractivity contribution in [3.63, 3.8) is 0 Å². The minimum absolute atomic E-state index is 0. The number of carboxylic acids is 1. The van der Waals surface area contributed by atoms with Crippen molar-refractivity contribution in [3.05, 3.63) is 96.2 Å². The van der Waals surface area contributed by atoms with E-state index < -0.39 is 17.9 Å². The number of pyridine rings is 1. The molecule has 8 nitrogen and oxygen atoms in total. The summed E-state index contributed by atoms with van der Waals surface area (Å²) >= 11 is 0. The van der Waals surface area contributed by atoms with Crippen LogP contribution in [0.4, 0.5) is 5.82 Å². The van der Waals surface area contributed by atoms with Crippen LogP contribution in [0.3, 0.4) is 0 Å². The number of rotatable bonds is 13. The Morgan fingerprint density at radius 3 is 2.34 bits per heavy atom. The van der Waals surface area contributed by atoms with Crippen LogP contribution >= 0.6 is 0 Å². The third-order valence-corrected chi connectivity index (χ3v) is 6.61. The normalized spacial score (nSPS) is 11.2. The third kappa shape index (κ3) is 10.0. The SMILES string of the molecule is Cc1ccnc(NCCCCC(=O)NCC(=O)NC(CC(=O)O)c2ccc(-c3ccc4ccccc4c3)cc2)c1.[H-].[Na+]. The summed E-state index contributed by atoms with van der Waals surface area (Å²) in [7, 11) is 0. The molecule has 0 aliphatic rings. The second kappa shape index (κ2) is 15.9. The van der Waals surface area contributed by atoms with E-state index in [9.17, 15) is 19.5 Å². The quantitative estimate of drug-likeness (QED) is 0.147. The Bertz CT molecular complexity index is 1480. The topological polar surface area (TPSA) is 120 Å². The number of nitrogens with one attached hydrogen (secondary N) is 3. The molecule has 0 spiro atoms.